The van der Waals surface area contributed by atoms with E-state index in [9.17, 15) is 9.59 Å². The van der Waals surface area contributed by atoms with Gasteiger partial charge in [-0.15, -0.1) is 12.3 Å². The van der Waals surface area contributed by atoms with Crippen molar-refractivity contribution in [2.24, 2.45) is 0 Å². The van der Waals surface area contributed by atoms with E-state index in [-0.39, 0.29) is 17.8 Å². The molecule has 130 valence electrons. The fourth-order valence-corrected chi connectivity index (χ4v) is 2.49. The zero-order valence-corrected chi connectivity index (χ0v) is 13.6. The van der Waals surface area contributed by atoms with Crippen LogP contribution in [-0.4, -0.2) is 25.8 Å². The summed E-state index contributed by atoms with van der Waals surface area (Å²) < 4.78 is 1.17. The van der Waals surface area contributed by atoms with Gasteiger partial charge in [0.05, 0.1) is 11.2 Å². The Morgan fingerprint density at radius 3 is 2.73 bits per heavy atom. The summed E-state index contributed by atoms with van der Waals surface area (Å²) in [6, 6.07) is 11.4. The zero-order chi connectivity index (χ0) is 18.5. The average molecular weight is 349 g/mol. The van der Waals surface area contributed by atoms with Crippen molar-refractivity contribution < 1.29 is 9.90 Å². The molecule has 0 radical (unpaired) electrons. The van der Waals surface area contributed by atoms with E-state index in [1.165, 1.54) is 10.9 Å². The molecular weight excluding hydrogens is 334 g/mol. The van der Waals surface area contributed by atoms with Crippen molar-refractivity contribution in [1.29, 1.82) is 0 Å². The van der Waals surface area contributed by atoms with Gasteiger partial charge in [-0.3, -0.25) is 10.2 Å². The molecule has 8 heteroatoms. The Labute approximate surface area is 148 Å². The summed E-state index contributed by atoms with van der Waals surface area (Å²) in [5.41, 5.74) is 3.63. The molecule has 1 amide bonds. The summed E-state index contributed by atoms with van der Waals surface area (Å²) in [4.78, 5) is 32.6. The summed E-state index contributed by atoms with van der Waals surface area (Å²) in [6.07, 6.45) is 5.62. The highest BCUT2D eigenvalue weighted by atomic mass is 16.4. The van der Waals surface area contributed by atoms with E-state index < -0.39 is 17.7 Å². The summed E-state index contributed by atoms with van der Waals surface area (Å²) in [5, 5.41) is 11.4. The van der Waals surface area contributed by atoms with Crippen LogP contribution in [0.3, 0.4) is 0 Å². The number of fused-ring (bicyclic) bond motifs is 1. The minimum atomic E-state index is -1.27. The number of carbonyl (C=O) groups is 1. The molecule has 26 heavy (non-hydrogen) atoms. The lowest BCUT2D eigenvalue weighted by molar-refractivity contribution is 0.189. The highest BCUT2D eigenvalue weighted by Crippen LogP contribution is 2.17. The largest absolute Gasteiger partial charge is 0.465 e. The summed E-state index contributed by atoms with van der Waals surface area (Å²) in [5.74, 6) is 2.56. The predicted molar refractivity (Wildman–Crippen MR) is 96.6 cm³/mol. The second-order valence-corrected chi connectivity index (χ2v) is 5.37. The molecule has 3 aromatic rings. The number of aromatic nitrogens is 3. The van der Waals surface area contributed by atoms with Crippen LogP contribution in [0.25, 0.3) is 11.0 Å². The van der Waals surface area contributed by atoms with Gasteiger partial charge in [0.25, 0.3) is 5.56 Å². The van der Waals surface area contributed by atoms with E-state index in [4.69, 9.17) is 11.5 Å². The molecule has 0 spiro atoms. The molecule has 1 atom stereocenters. The number of amides is 1. The van der Waals surface area contributed by atoms with Crippen molar-refractivity contribution >= 4 is 22.8 Å². The Morgan fingerprint density at radius 2 is 2.04 bits per heavy atom. The van der Waals surface area contributed by atoms with Gasteiger partial charge in [-0.25, -0.2) is 19.4 Å². The maximum absolute atomic E-state index is 12.9. The number of anilines is 1. The smallest absolute Gasteiger partial charge is 0.405 e. The molecule has 3 rings (SSSR count). The Kier molecular flexibility index (Phi) is 4.80. The molecule has 1 aromatic carbocycles. The molecule has 0 aliphatic carbocycles. The van der Waals surface area contributed by atoms with E-state index in [1.807, 2.05) is 6.07 Å². The number of hydrogen-bond acceptors (Lipinski definition) is 5. The minimum absolute atomic E-state index is 0.0287. The van der Waals surface area contributed by atoms with E-state index in [0.717, 1.165) is 0 Å². The standard InChI is InChI=1S/C18H15N5O3/c1-2-7-14(21-18(25)26)16-20-13-10-6-11-19-15(13)17(24)23(16)22-12-8-4-3-5-9-12/h1,3-6,8-11,14,21-22H,7H2,(H,25,26). The van der Waals surface area contributed by atoms with Gasteiger partial charge < -0.3 is 10.4 Å². The molecule has 3 N–H and O–H groups in total. The van der Waals surface area contributed by atoms with Crippen molar-refractivity contribution in [2.75, 3.05) is 5.43 Å². The normalized spacial score (nSPS) is 11.5. The van der Waals surface area contributed by atoms with Crippen LogP contribution >= 0.6 is 0 Å². The molecule has 2 heterocycles. The second-order valence-electron chi connectivity index (χ2n) is 5.37. The molecule has 0 aliphatic rings. The van der Waals surface area contributed by atoms with E-state index in [1.54, 1.807) is 36.4 Å². The van der Waals surface area contributed by atoms with Crippen LogP contribution in [-0.2, 0) is 0 Å². The van der Waals surface area contributed by atoms with Crippen molar-refractivity contribution in [1.82, 2.24) is 20.0 Å². The van der Waals surface area contributed by atoms with Crippen LogP contribution in [0.2, 0.25) is 0 Å². The Hall–Kier alpha value is -3.86. The maximum Gasteiger partial charge on any atom is 0.405 e. The van der Waals surface area contributed by atoms with Crippen molar-refractivity contribution in [3.05, 3.63) is 64.8 Å². The van der Waals surface area contributed by atoms with Crippen LogP contribution in [0.1, 0.15) is 18.3 Å². The quantitative estimate of drug-likeness (QED) is 0.608. The predicted octanol–water partition coefficient (Wildman–Crippen LogP) is 2.00. The summed E-state index contributed by atoms with van der Waals surface area (Å²) >= 11 is 0. The SMILES string of the molecule is C#CCC(NC(=O)O)c1nc2cccnc2c(=O)n1Nc1ccccc1. The van der Waals surface area contributed by atoms with Gasteiger partial charge in [0.1, 0.15) is 6.04 Å². The fraction of sp³-hybridized carbons (Fsp3) is 0.111. The Morgan fingerprint density at radius 1 is 1.27 bits per heavy atom. The number of carboxylic acid groups (broad SMARTS) is 1. The van der Waals surface area contributed by atoms with Gasteiger partial charge >= 0.3 is 6.09 Å². The molecule has 8 nitrogen and oxygen atoms in total. The molecule has 0 bridgehead atoms. The third-order valence-corrected chi connectivity index (χ3v) is 3.60. The van der Waals surface area contributed by atoms with Crippen LogP contribution in [0.15, 0.2) is 53.5 Å². The molecular formula is C18H15N5O3. The average Bonchev–Trinajstić information content (AvgIpc) is 2.64. The minimum Gasteiger partial charge on any atom is -0.465 e. The first kappa shape index (κ1) is 17.0. The maximum atomic E-state index is 12.9. The molecule has 0 fully saturated rings. The first-order valence-electron chi connectivity index (χ1n) is 7.73. The monoisotopic (exact) mass is 349 g/mol. The van der Waals surface area contributed by atoms with E-state index >= 15 is 0 Å². The van der Waals surface area contributed by atoms with Crippen LogP contribution in [0.5, 0.6) is 0 Å². The van der Waals surface area contributed by atoms with Gasteiger partial charge in [-0.2, -0.15) is 0 Å². The van der Waals surface area contributed by atoms with Crippen molar-refractivity contribution in [3.8, 4) is 12.3 Å². The van der Waals surface area contributed by atoms with Crippen LogP contribution < -0.4 is 16.3 Å². The first-order chi connectivity index (χ1) is 12.6. The fourth-order valence-electron chi connectivity index (χ4n) is 2.49. The lowest BCUT2D eigenvalue weighted by atomic mass is 10.2. The lowest BCUT2D eigenvalue weighted by Gasteiger charge is -2.20. The molecule has 1 unspecified atom stereocenters. The zero-order valence-electron chi connectivity index (χ0n) is 13.6. The number of hydrogen-bond donors (Lipinski definition) is 3. The summed E-state index contributed by atoms with van der Waals surface area (Å²) in [6.45, 7) is 0. The Bertz CT molecular complexity index is 1040. The number of para-hydroxylation sites is 1. The number of nitrogens with one attached hydrogen (secondary N) is 2. The molecule has 2 aromatic heterocycles. The van der Waals surface area contributed by atoms with Crippen molar-refractivity contribution in [2.45, 2.75) is 12.5 Å². The number of rotatable bonds is 5. The van der Waals surface area contributed by atoms with E-state index in [2.05, 4.69) is 26.6 Å². The Balaban J connectivity index is 2.21. The third kappa shape index (κ3) is 3.47. The number of nitrogens with zero attached hydrogens (tertiary/aromatic N) is 3. The number of terminal acetylenes is 1. The van der Waals surface area contributed by atoms with Gasteiger partial charge in [-0.1, -0.05) is 18.2 Å². The highest BCUT2D eigenvalue weighted by Gasteiger charge is 2.22. The lowest BCUT2D eigenvalue weighted by Crippen LogP contribution is -2.37. The second kappa shape index (κ2) is 7.36. The van der Waals surface area contributed by atoms with Gasteiger partial charge in [-0.05, 0) is 24.3 Å². The first-order valence-corrected chi connectivity index (χ1v) is 7.73. The van der Waals surface area contributed by atoms with Crippen LogP contribution in [0.4, 0.5) is 10.5 Å². The topological polar surface area (TPSA) is 109 Å². The third-order valence-electron chi connectivity index (χ3n) is 3.60. The molecule has 0 saturated heterocycles. The van der Waals surface area contributed by atoms with Gasteiger partial charge in [0, 0.05) is 12.6 Å². The molecule has 0 aliphatic heterocycles. The molecule has 0 saturated carbocycles. The number of benzene rings is 1. The van der Waals surface area contributed by atoms with Gasteiger partial charge in [0.15, 0.2) is 11.3 Å². The van der Waals surface area contributed by atoms with Gasteiger partial charge in [0.2, 0.25) is 0 Å². The van der Waals surface area contributed by atoms with E-state index in [0.29, 0.717) is 11.2 Å². The highest BCUT2D eigenvalue weighted by molar-refractivity contribution is 5.73. The van der Waals surface area contributed by atoms with Crippen LogP contribution in [0, 0.1) is 12.3 Å². The summed E-state index contributed by atoms with van der Waals surface area (Å²) in [7, 11) is 0. The number of pyridine rings is 1. The van der Waals surface area contributed by atoms with Crippen molar-refractivity contribution in [3.63, 3.8) is 0 Å².